The molecule has 0 aliphatic heterocycles. The summed E-state index contributed by atoms with van der Waals surface area (Å²) in [4.78, 5) is 29.8. The first-order valence-corrected chi connectivity index (χ1v) is 9.51. The highest BCUT2D eigenvalue weighted by Gasteiger charge is 2.13. The van der Waals surface area contributed by atoms with Gasteiger partial charge < -0.3 is 4.74 Å². The zero-order valence-electron chi connectivity index (χ0n) is 16.4. The Morgan fingerprint density at radius 1 is 1.14 bits per heavy atom. The molecule has 3 rings (SSSR count). The average molecular weight is 376 g/mol. The molecule has 0 bridgehead atoms. The predicted octanol–water partition coefficient (Wildman–Crippen LogP) is 4.30. The second-order valence-electron chi connectivity index (χ2n) is 6.59. The SMILES string of the molecule is CCCc1c(/C=C/c2ccccc2C)nc2ccc(C(=O)OCC)cn2c1=O. The van der Waals surface area contributed by atoms with E-state index in [-0.39, 0.29) is 12.2 Å². The predicted molar refractivity (Wildman–Crippen MR) is 112 cm³/mol. The quantitative estimate of drug-likeness (QED) is 0.602. The Balaban J connectivity index is 2.11. The summed E-state index contributed by atoms with van der Waals surface area (Å²) < 4.78 is 6.46. The smallest absolute Gasteiger partial charge is 0.339 e. The number of fused-ring (bicyclic) bond motifs is 1. The number of aromatic nitrogens is 2. The van der Waals surface area contributed by atoms with E-state index in [1.807, 2.05) is 50.3 Å². The largest absolute Gasteiger partial charge is 0.462 e. The van der Waals surface area contributed by atoms with Crippen LogP contribution in [-0.4, -0.2) is 22.0 Å². The first kappa shape index (κ1) is 19.5. The lowest BCUT2D eigenvalue weighted by Gasteiger charge is -2.09. The monoisotopic (exact) mass is 376 g/mol. The summed E-state index contributed by atoms with van der Waals surface area (Å²) in [6.45, 7) is 6.11. The Hall–Kier alpha value is -3.21. The number of hydrogen-bond acceptors (Lipinski definition) is 4. The minimum Gasteiger partial charge on any atom is -0.462 e. The fraction of sp³-hybridized carbons (Fsp3) is 0.261. The molecular weight excluding hydrogens is 352 g/mol. The molecule has 3 aromatic rings. The van der Waals surface area contributed by atoms with Crippen LogP contribution in [0.25, 0.3) is 17.8 Å². The van der Waals surface area contributed by atoms with E-state index in [1.165, 1.54) is 10.6 Å². The molecule has 0 spiro atoms. The molecule has 0 atom stereocenters. The van der Waals surface area contributed by atoms with Gasteiger partial charge in [0.15, 0.2) is 0 Å². The fourth-order valence-electron chi connectivity index (χ4n) is 3.09. The van der Waals surface area contributed by atoms with Crippen LogP contribution in [0.5, 0.6) is 0 Å². The van der Waals surface area contributed by atoms with Crippen molar-refractivity contribution in [1.82, 2.24) is 9.38 Å². The molecule has 2 heterocycles. The molecule has 1 aromatic carbocycles. The van der Waals surface area contributed by atoms with Crippen LogP contribution in [-0.2, 0) is 11.2 Å². The van der Waals surface area contributed by atoms with Crippen molar-refractivity contribution in [3.63, 3.8) is 0 Å². The summed E-state index contributed by atoms with van der Waals surface area (Å²) >= 11 is 0. The van der Waals surface area contributed by atoms with Gasteiger partial charge in [-0.1, -0.05) is 43.7 Å². The topological polar surface area (TPSA) is 60.7 Å². The average Bonchev–Trinajstić information content (AvgIpc) is 2.70. The molecule has 0 aliphatic carbocycles. The lowest BCUT2D eigenvalue weighted by Crippen LogP contribution is -2.22. The maximum absolute atomic E-state index is 13.1. The van der Waals surface area contributed by atoms with Gasteiger partial charge in [0.05, 0.1) is 17.9 Å². The van der Waals surface area contributed by atoms with E-state index in [9.17, 15) is 9.59 Å². The molecule has 0 saturated carbocycles. The number of hydrogen-bond donors (Lipinski definition) is 0. The standard InChI is InChI=1S/C23H24N2O3/c1-4-8-19-20(13-11-17-10-7-6-9-16(17)3)24-21-14-12-18(23(27)28-5-2)15-25(21)22(19)26/h6-7,9-15H,4-5,8H2,1-3H3/b13-11+. The van der Waals surface area contributed by atoms with Crippen LogP contribution < -0.4 is 5.56 Å². The highest BCUT2D eigenvalue weighted by atomic mass is 16.5. The summed E-state index contributed by atoms with van der Waals surface area (Å²) in [5, 5.41) is 0. The normalized spacial score (nSPS) is 11.2. The van der Waals surface area contributed by atoms with Crippen LogP contribution in [0.1, 0.15) is 53.0 Å². The summed E-state index contributed by atoms with van der Waals surface area (Å²) in [6, 6.07) is 11.4. The molecule has 5 nitrogen and oxygen atoms in total. The molecule has 144 valence electrons. The Morgan fingerprint density at radius 2 is 1.93 bits per heavy atom. The molecule has 0 unspecified atom stereocenters. The Kier molecular flexibility index (Phi) is 6.04. The van der Waals surface area contributed by atoms with Gasteiger partial charge in [0.25, 0.3) is 5.56 Å². The van der Waals surface area contributed by atoms with Gasteiger partial charge in [0.1, 0.15) is 5.65 Å². The van der Waals surface area contributed by atoms with E-state index in [4.69, 9.17) is 4.74 Å². The summed E-state index contributed by atoms with van der Waals surface area (Å²) in [6.07, 6.45) is 6.84. The van der Waals surface area contributed by atoms with Crippen molar-refractivity contribution >= 4 is 23.8 Å². The second kappa shape index (κ2) is 8.65. The van der Waals surface area contributed by atoms with Crippen molar-refractivity contribution in [3.8, 4) is 0 Å². The van der Waals surface area contributed by atoms with Crippen molar-refractivity contribution in [2.24, 2.45) is 0 Å². The van der Waals surface area contributed by atoms with Crippen LogP contribution in [0.4, 0.5) is 0 Å². The lowest BCUT2D eigenvalue weighted by atomic mass is 10.1. The Labute approximate surface area is 164 Å². The molecule has 0 radical (unpaired) electrons. The van der Waals surface area contributed by atoms with E-state index < -0.39 is 5.97 Å². The maximum atomic E-state index is 13.1. The highest BCUT2D eigenvalue weighted by Crippen LogP contribution is 2.15. The van der Waals surface area contributed by atoms with Crippen molar-refractivity contribution in [3.05, 3.63) is 80.9 Å². The lowest BCUT2D eigenvalue weighted by molar-refractivity contribution is 0.0525. The van der Waals surface area contributed by atoms with Crippen LogP contribution in [0.3, 0.4) is 0 Å². The molecule has 0 saturated heterocycles. The summed E-state index contributed by atoms with van der Waals surface area (Å²) in [7, 11) is 0. The minimum atomic E-state index is -0.447. The number of benzene rings is 1. The van der Waals surface area contributed by atoms with E-state index in [2.05, 4.69) is 4.98 Å². The number of carbonyl (C=O) groups excluding carboxylic acids is 1. The number of nitrogens with zero attached hydrogens (tertiary/aromatic N) is 2. The Bertz CT molecular complexity index is 1100. The van der Waals surface area contributed by atoms with Gasteiger partial charge in [-0.05, 0) is 49.6 Å². The zero-order valence-corrected chi connectivity index (χ0v) is 16.4. The number of pyridine rings is 1. The molecule has 0 amide bonds. The van der Waals surface area contributed by atoms with E-state index >= 15 is 0 Å². The summed E-state index contributed by atoms with van der Waals surface area (Å²) in [5.41, 5.74) is 4.25. The molecule has 0 fully saturated rings. The van der Waals surface area contributed by atoms with Gasteiger partial charge in [-0.15, -0.1) is 0 Å². The molecule has 0 N–H and O–H groups in total. The van der Waals surface area contributed by atoms with E-state index in [0.29, 0.717) is 28.9 Å². The van der Waals surface area contributed by atoms with E-state index in [1.54, 1.807) is 19.1 Å². The van der Waals surface area contributed by atoms with Crippen molar-refractivity contribution in [2.45, 2.75) is 33.6 Å². The minimum absolute atomic E-state index is 0.151. The second-order valence-corrected chi connectivity index (χ2v) is 6.59. The molecule has 5 heteroatoms. The number of ether oxygens (including phenoxy) is 1. The maximum Gasteiger partial charge on any atom is 0.339 e. The number of carbonyl (C=O) groups is 1. The number of rotatable bonds is 6. The van der Waals surface area contributed by atoms with Gasteiger partial charge >= 0.3 is 5.97 Å². The third kappa shape index (κ3) is 4.03. The van der Waals surface area contributed by atoms with Gasteiger partial charge in [-0.3, -0.25) is 9.20 Å². The van der Waals surface area contributed by atoms with Crippen LogP contribution in [0.2, 0.25) is 0 Å². The highest BCUT2D eigenvalue weighted by molar-refractivity contribution is 5.89. The van der Waals surface area contributed by atoms with Crippen LogP contribution in [0.15, 0.2) is 47.4 Å². The van der Waals surface area contributed by atoms with Gasteiger partial charge in [0.2, 0.25) is 0 Å². The molecular formula is C23H24N2O3. The zero-order chi connectivity index (χ0) is 20.1. The van der Waals surface area contributed by atoms with Gasteiger partial charge in [0, 0.05) is 11.8 Å². The number of aryl methyl sites for hydroxylation is 1. The Morgan fingerprint density at radius 3 is 2.64 bits per heavy atom. The van der Waals surface area contributed by atoms with E-state index in [0.717, 1.165) is 17.5 Å². The van der Waals surface area contributed by atoms with Crippen LogP contribution >= 0.6 is 0 Å². The van der Waals surface area contributed by atoms with Crippen molar-refractivity contribution < 1.29 is 9.53 Å². The first-order chi connectivity index (χ1) is 13.5. The first-order valence-electron chi connectivity index (χ1n) is 9.51. The molecule has 28 heavy (non-hydrogen) atoms. The van der Waals surface area contributed by atoms with Gasteiger partial charge in [-0.2, -0.15) is 0 Å². The number of esters is 1. The molecule has 2 aromatic heterocycles. The third-order valence-corrected chi connectivity index (χ3v) is 4.57. The fourth-order valence-corrected chi connectivity index (χ4v) is 3.09. The molecule has 0 aliphatic rings. The van der Waals surface area contributed by atoms with Crippen molar-refractivity contribution in [2.75, 3.05) is 6.61 Å². The summed E-state index contributed by atoms with van der Waals surface area (Å²) in [5.74, 6) is -0.447. The van der Waals surface area contributed by atoms with Crippen LogP contribution in [0, 0.1) is 6.92 Å². The van der Waals surface area contributed by atoms with Gasteiger partial charge in [-0.25, -0.2) is 9.78 Å². The van der Waals surface area contributed by atoms with Crippen molar-refractivity contribution in [1.29, 1.82) is 0 Å². The third-order valence-electron chi connectivity index (χ3n) is 4.57.